The third-order valence-corrected chi connectivity index (χ3v) is 4.57. The normalized spacial score (nSPS) is 12.9. The first-order valence-electron chi connectivity index (χ1n) is 6.20. The molecule has 0 aromatic heterocycles. The molecule has 2 aromatic carbocycles. The maximum Gasteiger partial charge on any atom is 0.219 e. The maximum atomic E-state index is 5.68. The van der Waals surface area contributed by atoms with Gasteiger partial charge in [0.25, 0.3) is 0 Å². The van der Waals surface area contributed by atoms with Crippen molar-refractivity contribution >= 4 is 28.4 Å². The van der Waals surface area contributed by atoms with Crippen LogP contribution in [0, 0.1) is 0 Å². The molecule has 0 N–H and O–H groups in total. The Morgan fingerprint density at radius 3 is 2.11 bits per heavy atom. The Kier molecular flexibility index (Phi) is 3.58. The molecule has 0 amide bonds. The lowest BCUT2D eigenvalue weighted by molar-refractivity contribution is 0.309. The first kappa shape index (κ1) is 12.7. The molecular formula is C16H14OS2. The van der Waals surface area contributed by atoms with Crippen LogP contribution in [0.4, 0.5) is 0 Å². The highest BCUT2D eigenvalue weighted by Crippen LogP contribution is 2.44. The summed E-state index contributed by atoms with van der Waals surface area (Å²) in [7, 11) is 0. The number of hydrogen-bond acceptors (Lipinski definition) is 3. The Hall–Kier alpha value is -1.32. The van der Waals surface area contributed by atoms with Gasteiger partial charge in [0.1, 0.15) is 6.61 Å². The minimum atomic E-state index is 0.289. The third-order valence-electron chi connectivity index (χ3n) is 3.50. The number of benzene rings is 2. The Bertz CT molecular complexity index is 576. The van der Waals surface area contributed by atoms with Crippen molar-refractivity contribution in [2.45, 2.75) is 5.92 Å². The van der Waals surface area contributed by atoms with Gasteiger partial charge in [0.05, 0.1) is 0 Å². The zero-order valence-corrected chi connectivity index (χ0v) is 12.3. The van der Waals surface area contributed by atoms with Gasteiger partial charge in [-0.05, 0) is 40.7 Å². The molecule has 0 bridgehead atoms. The molecule has 1 nitrogen and oxygen atoms in total. The molecule has 0 saturated carbocycles. The fraction of sp³-hybridized carbons (Fsp3) is 0.188. The van der Waals surface area contributed by atoms with Crippen LogP contribution >= 0.6 is 24.0 Å². The minimum Gasteiger partial charge on any atom is -0.478 e. The predicted molar refractivity (Wildman–Crippen MR) is 85.8 cm³/mol. The SMILES string of the molecule is CSC(=S)OCC1c2ccccc2-c2ccccc21. The summed E-state index contributed by atoms with van der Waals surface area (Å²) in [4.78, 5) is 0. The van der Waals surface area contributed by atoms with Crippen LogP contribution < -0.4 is 0 Å². The van der Waals surface area contributed by atoms with Gasteiger partial charge < -0.3 is 4.74 Å². The zero-order valence-electron chi connectivity index (χ0n) is 10.6. The molecule has 1 aliphatic rings. The first-order valence-corrected chi connectivity index (χ1v) is 7.83. The molecule has 0 fully saturated rings. The molecule has 96 valence electrons. The summed E-state index contributed by atoms with van der Waals surface area (Å²) in [5.74, 6) is 0.289. The standard InChI is InChI=1S/C16H14OS2/c1-19-16(18)17-10-15-13-8-4-2-6-11(13)12-7-3-5-9-14(12)15/h2-9,15H,10H2,1H3. The molecule has 19 heavy (non-hydrogen) atoms. The number of thioether (sulfide) groups is 1. The van der Waals surface area contributed by atoms with E-state index < -0.39 is 0 Å². The highest BCUT2D eigenvalue weighted by atomic mass is 32.2. The van der Waals surface area contributed by atoms with Crippen LogP contribution in [0.1, 0.15) is 17.0 Å². The van der Waals surface area contributed by atoms with E-state index in [2.05, 4.69) is 48.5 Å². The monoisotopic (exact) mass is 286 g/mol. The van der Waals surface area contributed by atoms with Gasteiger partial charge in [-0.25, -0.2) is 0 Å². The van der Waals surface area contributed by atoms with Gasteiger partial charge in [-0.2, -0.15) is 0 Å². The Balaban J connectivity index is 1.98. The molecule has 0 heterocycles. The minimum absolute atomic E-state index is 0.289. The van der Waals surface area contributed by atoms with E-state index in [1.807, 2.05) is 6.26 Å². The molecule has 0 atom stereocenters. The van der Waals surface area contributed by atoms with Crippen molar-refractivity contribution in [2.75, 3.05) is 12.9 Å². The van der Waals surface area contributed by atoms with E-state index in [-0.39, 0.29) is 5.92 Å². The van der Waals surface area contributed by atoms with Crippen LogP contribution in [0.2, 0.25) is 0 Å². The summed E-state index contributed by atoms with van der Waals surface area (Å²) in [6, 6.07) is 17.1. The molecule has 1 aliphatic carbocycles. The van der Waals surface area contributed by atoms with Crippen molar-refractivity contribution in [3.63, 3.8) is 0 Å². The largest absolute Gasteiger partial charge is 0.478 e. The second-order valence-electron chi connectivity index (χ2n) is 4.49. The Morgan fingerprint density at radius 2 is 1.58 bits per heavy atom. The van der Waals surface area contributed by atoms with E-state index in [0.717, 1.165) is 0 Å². The molecule has 3 heteroatoms. The van der Waals surface area contributed by atoms with Crippen LogP contribution in [0.15, 0.2) is 48.5 Å². The summed E-state index contributed by atoms with van der Waals surface area (Å²) >= 11 is 6.61. The van der Waals surface area contributed by atoms with E-state index in [0.29, 0.717) is 11.0 Å². The molecule has 2 aromatic rings. The van der Waals surface area contributed by atoms with Crippen molar-refractivity contribution in [1.82, 2.24) is 0 Å². The third kappa shape index (κ3) is 2.28. The number of rotatable bonds is 2. The van der Waals surface area contributed by atoms with Crippen LogP contribution in [-0.2, 0) is 4.74 Å². The van der Waals surface area contributed by atoms with Crippen molar-refractivity contribution in [3.05, 3.63) is 59.7 Å². The Labute approximate surface area is 123 Å². The first-order chi connectivity index (χ1) is 9.31. The number of thiocarbonyl (C=S) groups is 1. The number of hydrogen-bond donors (Lipinski definition) is 0. The lowest BCUT2D eigenvalue weighted by Crippen LogP contribution is -2.08. The van der Waals surface area contributed by atoms with E-state index >= 15 is 0 Å². The van der Waals surface area contributed by atoms with Gasteiger partial charge in [0.15, 0.2) is 0 Å². The molecule has 0 radical (unpaired) electrons. The summed E-state index contributed by atoms with van der Waals surface area (Å²) in [6.07, 6.45) is 1.94. The van der Waals surface area contributed by atoms with Crippen LogP contribution in [-0.4, -0.2) is 17.2 Å². The molecular weight excluding hydrogens is 272 g/mol. The summed E-state index contributed by atoms with van der Waals surface area (Å²) in [6.45, 7) is 0.619. The van der Waals surface area contributed by atoms with Crippen molar-refractivity contribution < 1.29 is 4.74 Å². The molecule has 0 saturated heterocycles. The van der Waals surface area contributed by atoms with Crippen LogP contribution in [0.5, 0.6) is 0 Å². The van der Waals surface area contributed by atoms with Crippen molar-refractivity contribution in [3.8, 4) is 11.1 Å². The van der Waals surface area contributed by atoms with E-state index in [4.69, 9.17) is 17.0 Å². The maximum absolute atomic E-state index is 5.68. The average Bonchev–Trinajstić information content (AvgIpc) is 2.79. The summed E-state index contributed by atoms with van der Waals surface area (Å²) < 4.78 is 6.30. The van der Waals surface area contributed by atoms with Gasteiger partial charge in [-0.1, -0.05) is 60.3 Å². The van der Waals surface area contributed by atoms with E-state index in [1.165, 1.54) is 34.0 Å². The van der Waals surface area contributed by atoms with Gasteiger partial charge in [0.2, 0.25) is 4.38 Å². The molecule has 0 spiro atoms. The topological polar surface area (TPSA) is 9.23 Å². The van der Waals surface area contributed by atoms with Crippen molar-refractivity contribution in [2.24, 2.45) is 0 Å². The van der Waals surface area contributed by atoms with E-state index in [1.54, 1.807) is 0 Å². The summed E-state index contributed by atoms with van der Waals surface area (Å²) in [5.41, 5.74) is 5.32. The van der Waals surface area contributed by atoms with Gasteiger partial charge in [-0.3, -0.25) is 0 Å². The van der Waals surface area contributed by atoms with Crippen LogP contribution in [0.3, 0.4) is 0 Å². The van der Waals surface area contributed by atoms with E-state index in [9.17, 15) is 0 Å². The molecule has 3 rings (SSSR count). The second kappa shape index (κ2) is 5.35. The fourth-order valence-electron chi connectivity index (χ4n) is 2.65. The average molecular weight is 286 g/mol. The quantitative estimate of drug-likeness (QED) is 0.754. The second-order valence-corrected chi connectivity index (χ2v) is 5.90. The summed E-state index contributed by atoms with van der Waals surface area (Å²) in [5, 5.41) is 0. The highest BCUT2D eigenvalue weighted by molar-refractivity contribution is 8.22. The predicted octanol–water partition coefficient (Wildman–Crippen LogP) is 4.46. The van der Waals surface area contributed by atoms with Gasteiger partial charge in [0, 0.05) is 5.92 Å². The lowest BCUT2D eigenvalue weighted by Gasteiger charge is -2.14. The molecule has 0 unspecified atom stereocenters. The molecule has 0 aliphatic heterocycles. The van der Waals surface area contributed by atoms with Crippen LogP contribution in [0.25, 0.3) is 11.1 Å². The number of ether oxygens (including phenoxy) is 1. The van der Waals surface area contributed by atoms with Gasteiger partial charge >= 0.3 is 0 Å². The van der Waals surface area contributed by atoms with Crippen molar-refractivity contribution in [1.29, 1.82) is 0 Å². The number of fused-ring (bicyclic) bond motifs is 3. The zero-order chi connectivity index (χ0) is 13.2. The Morgan fingerprint density at radius 1 is 1.05 bits per heavy atom. The smallest absolute Gasteiger partial charge is 0.219 e. The lowest BCUT2D eigenvalue weighted by atomic mass is 9.98. The van der Waals surface area contributed by atoms with Gasteiger partial charge in [-0.15, -0.1) is 0 Å². The fourth-order valence-corrected chi connectivity index (χ4v) is 2.90. The highest BCUT2D eigenvalue weighted by Gasteiger charge is 2.28.